The van der Waals surface area contributed by atoms with Gasteiger partial charge in [0.15, 0.2) is 0 Å². The number of para-hydroxylation sites is 1. The van der Waals surface area contributed by atoms with Crippen molar-refractivity contribution in [2.24, 2.45) is 5.92 Å². The zero-order chi connectivity index (χ0) is 22.6. The summed E-state index contributed by atoms with van der Waals surface area (Å²) in [5.41, 5.74) is 1.26. The van der Waals surface area contributed by atoms with Gasteiger partial charge < -0.3 is 19.5 Å². The SMILES string of the molecule is O=C(C1CCOCC1)N1CCN(C(COc2ccccc2)c2ccccc2)CC1.O=CO. The zero-order valence-electron chi connectivity index (χ0n) is 18.3. The second kappa shape index (κ2) is 12.8. The highest BCUT2D eigenvalue weighted by molar-refractivity contribution is 5.79. The highest BCUT2D eigenvalue weighted by atomic mass is 16.5. The molecule has 0 aliphatic carbocycles. The van der Waals surface area contributed by atoms with Crippen LogP contribution in [0.4, 0.5) is 0 Å². The van der Waals surface area contributed by atoms with Crippen molar-refractivity contribution in [2.45, 2.75) is 18.9 Å². The first kappa shape index (κ1) is 23.8. The Morgan fingerprint density at radius 3 is 2.16 bits per heavy atom. The standard InChI is InChI=1S/C24H30N2O3.CH2O2/c27-24(21-11-17-28-18-12-21)26-15-13-25(14-16-26)23(20-7-3-1-4-8-20)19-29-22-9-5-2-6-10-22;2-1-3/h1-10,21,23H,11-19H2;1H,(H,2,3). The summed E-state index contributed by atoms with van der Waals surface area (Å²) in [4.78, 5) is 25.7. The van der Waals surface area contributed by atoms with E-state index in [0.717, 1.165) is 44.8 Å². The van der Waals surface area contributed by atoms with Crippen LogP contribution in [0.15, 0.2) is 60.7 Å². The Balaban J connectivity index is 0.000000913. The second-order valence-electron chi connectivity index (χ2n) is 7.90. The molecule has 0 bridgehead atoms. The van der Waals surface area contributed by atoms with E-state index in [-0.39, 0.29) is 18.4 Å². The van der Waals surface area contributed by atoms with E-state index in [4.69, 9.17) is 19.4 Å². The molecule has 172 valence electrons. The van der Waals surface area contributed by atoms with Gasteiger partial charge in [-0.05, 0) is 30.5 Å². The van der Waals surface area contributed by atoms with Gasteiger partial charge in [0.1, 0.15) is 12.4 Å². The van der Waals surface area contributed by atoms with Crippen LogP contribution in [0.1, 0.15) is 24.4 Å². The van der Waals surface area contributed by atoms with Gasteiger partial charge in [-0.2, -0.15) is 0 Å². The highest BCUT2D eigenvalue weighted by Crippen LogP contribution is 2.25. The van der Waals surface area contributed by atoms with Crippen LogP contribution in [0.5, 0.6) is 5.75 Å². The molecule has 2 fully saturated rings. The summed E-state index contributed by atoms with van der Waals surface area (Å²) in [6, 6.07) is 20.7. The van der Waals surface area contributed by atoms with Crippen molar-refractivity contribution in [1.29, 1.82) is 0 Å². The van der Waals surface area contributed by atoms with Crippen LogP contribution in [0.2, 0.25) is 0 Å². The fraction of sp³-hybridized carbons (Fsp3) is 0.440. The van der Waals surface area contributed by atoms with E-state index in [1.807, 2.05) is 41.3 Å². The first-order valence-corrected chi connectivity index (χ1v) is 11.1. The molecule has 32 heavy (non-hydrogen) atoms. The lowest BCUT2D eigenvalue weighted by Crippen LogP contribution is -2.52. The molecule has 1 unspecified atom stereocenters. The number of nitrogens with zero attached hydrogens (tertiary/aromatic N) is 2. The molecule has 2 saturated heterocycles. The summed E-state index contributed by atoms with van der Waals surface area (Å²) >= 11 is 0. The molecular weight excluding hydrogens is 408 g/mol. The molecule has 1 N–H and O–H groups in total. The Morgan fingerprint density at radius 1 is 1.00 bits per heavy atom. The third kappa shape index (κ3) is 6.80. The topological polar surface area (TPSA) is 79.3 Å². The summed E-state index contributed by atoms with van der Waals surface area (Å²) < 4.78 is 11.5. The number of benzene rings is 2. The molecule has 4 rings (SSSR count). The van der Waals surface area contributed by atoms with Crippen molar-refractivity contribution in [2.75, 3.05) is 46.0 Å². The number of carbonyl (C=O) groups excluding carboxylic acids is 1. The van der Waals surface area contributed by atoms with E-state index in [0.29, 0.717) is 25.7 Å². The number of rotatable bonds is 6. The molecule has 1 amide bonds. The van der Waals surface area contributed by atoms with Gasteiger partial charge in [-0.25, -0.2) is 0 Å². The van der Waals surface area contributed by atoms with Crippen LogP contribution in [-0.2, 0) is 14.3 Å². The van der Waals surface area contributed by atoms with Crippen LogP contribution in [0, 0.1) is 5.92 Å². The predicted octanol–water partition coefficient (Wildman–Crippen LogP) is 3.08. The van der Waals surface area contributed by atoms with Crippen LogP contribution in [0.3, 0.4) is 0 Å². The summed E-state index contributed by atoms with van der Waals surface area (Å²) in [7, 11) is 0. The maximum absolute atomic E-state index is 12.8. The molecule has 2 aromatic carbocycles. The monoisotopic (exact) mass is 440 g/mol. The number of hydrogen-bond donors (Lipinski definition) is 1. The van der Waals surface area contributed by atoms with Crippen molar-refractivity contribution in [3.63, 3.8) is 0 Å². The minimum atomic E-state index is -0.250. The smallest absolute Gasteiger partial charge is 0.290 e. The minimum absolute atomic E-state index is 0.140. The number of ether oxygens (including phenoxy) is 2. The lowest BCUT2D eigenvalue weighted by Gasteiger charge is -2.40. The highest BCUT2D eigenvalue weighted by Gasteiger charge is 2.31. The van der Waals surface area contributed by atoms with Crippen LogP contribution in [-0.4, -0.2) is 73.3 Å². The lowest BCUT2D eigenvalue weighted by atomic mass is 9.98. The Morgan fingerprint density at radius 2 is 1.56 bits per heavy atom. The van der Waals surface area contributed by atoms with Crippen LogP contribution < -0.4 is 4.74 Å². The van der Waals surface area contributed by atoms with Crippen molar-refractivity contribution in [3.05, 3.63) is 66.2 Å². The van der Waals surface area contributed by atoms with Crippen LogP contribution in [0.25, 0.3) is 0 Å². The second-order valence-corrected chi connectivity index (χ2v) is 7.90. The zero-order valence-corrected chi connectivity index (χ0v) is 18.3. The van der Waals surface area contributed by atoms with Gasteiger partial charge in [-0.3, -0.25) is 14.5 Å². The Hall–Kier alpha value is -2.90. The normalized spacial score (nSPS) is 18.2. The van der Waals surface area contributed by atoms with Crippen LogP contribution >= 0.6 is 0 Å². The molecule has 7 nitrogen and oxygen atoms in total. The minimum Gasteiger partial charge on any atom is -0.492 e. The Bertz CT molecular complexity index is 804. The molecule has 2 aliphatic rings. The molecule has 7 heteroatoms. The molecule has 2 heterocycles. The first-order chi connectivity index (χ1) is 15.7. The summed E-state index contributed by atoms with van der Waals surface area (Å²) in [5, 5.41) is 6.89. The van der Waals surface area contributed by atoms with Gasteiger partial charge in [0.25, 0.3) is 6.47 Å². The van der Waals surface area contributed by atoms with E-state index in [1.54, 1.807) is 0 Å². The summed E-state index contributed by atoms with van der Waals surface area (Å²) in [5.74, 6) is 1.34. The van der Waals surface area contributed by atoms with Crippen molar-refractivity contribution >= 4 is 12.4 Å². The van der Waals surface area contributed by atoms with Crippen molar-refractivity contribution in [1.82, 2.24) is 9.80 Å². The molecule has 0 spiro atoms. The van der Waals surface area contributed by atoms with Gasteiger partial charge in [0, 0.05) is 45.3 Å². The molecule has 0 aromatic heterocycles. The maximum atomic E-state index is 12.8. The van der Waals surface area contributed by atoms with Gasteiger partial charge in [-0.1, -0.05) is 48.5 Å². The first-order valence-electron chi connectivity index (χ1n) is 11.1. The molecule has 2 aromatic rings. The maximum Gasteiger partial charge on any atom is 0.290 e. The van der Waals surface area contributed by atoms with Gasteiger partial charge in [0.2, 0.25) is 5.91 Å². The Kier molecular flexibility index (Phi) is 9.53. The third-order valence-electron chi connectivity index (χ3n) is 5.97. The van der Waals surface area contributed by atoms with E-state index in [9.17, 15) is 4.79 Å². The fourth-order valence-electron chi connectivity index (χ4n) is 4.24. The number of carbonyl (C=O) groups is 2. The Labute approximate surface area is 189 Å². The van der Waals surface area contributed by atoms with E-state index < -0.39 is 0 Å². The molecule has 0 saturated carbocycles. The summed E-state index contributed by atoms with van der Waals surface area (Å²) in [6.07, 6.45) is 1.72. The predicted molar refractivity (Wildman–Crippen MR) is 122 cm³/mol. The number of amides is 1. The molecular formula is C25H32N2O5. The van der Waals surface area contributed by atoms with Gasteiger partial charge >= 0.3 is 0 Å². The van der Waals surface area contributed by atoms with E-state index in [1.165, 1.54) is 5.56 Å². The average Bonchev–Trinajstić information content (AvgIpc) is 2.86. The van der Waals surface area contributed by atoms with Gasteiger partial charge in [0.05, 0.1) is 6.04 Å². The van der Waals surface area contributed by atoms with E-state index >= 15 is 0 Å². The largest absolute Gasteiger partial charge is 0.492 e. The number of piperazine rings is 1. The van der Waals surface area contributed by atoms with Gasteiger partial charge in [-0.15, -0.1) is 0 Å². The molecule has 1 atom stereocenters. The number of carboxylic acid groups (broad SMARTS) is 1. The van der Waals surface area contributed by atoms with E-state index in [2.05, 4.69) is 29.2 Å². The van der Waals surface area contributed by atoms with Crippen molar-refractivity contribution < 1.29 is 24.2 Å². The summed E-state index contributed by atoms with van der Waals surface area (Å²) in [6.45, 7) is 5.07. The van der Waals surface area contributed by atoms with Crippen molar-refractivity contribution in [3.8, 4) is 5.75 Å². The molecule has 2 aliphatic heterocycles. The average molecular weight is 441 g/mol. The quantitative estimate of drug-likeness (QED) is 0.696. The molecule has 0 radical (unpaired) electrons. The lowest BCUT2D eigenvalue weighted by molar-refractivity contribution is -0.140. The number of hydrogen-bond acceptors (Lipinski definition) is 5. The fourth-order valence-corrected chi connectivity index (χ4v) is 4.24. The third-order valence-corrected chi connectivity index (χ3v) is 5.97.